The average Bonchev–Trinajstić information content (AvgIpc) is 3.13. The minimum absolute atomic E-state index is 0.0144. The second-order valence-electron chi connectivity index (χ2n) is 5.91. The van der Waals surface area contributed by atoms with Crippen LogP contribution >= 0.6 is 11.6 Å². The average molecular weight is 306 g/mol. The zero-order chi connectivity index (χ0) is 14.6. The van der Waals surface area contributed by atoms with Gasteiger partial charge in [0.1, 0.15) is 5.69 Å². The molecule has 0 N–H and O–H groups in total. The fraction of sp³-hybridized carbons (Fsp3) is 0.500. The molecule has 2 aliphatic rings. The van der Waals surface area contributed by atoms with Gasteiger partial charge in [-0.25, -0.2) is 9.97 Å². The van der Waals surface area contributed by atoms with E-state index in [0.717, 1.165) is 19.6 Å². The van der Waals surface area contributed by atoms with Crippen molar-refractivity contribution < 1.29 is 4.79 Å². The van der Waals surface area contributed by atoms with Crippen LogP contribution in [0, 0.1) is 5.92 Å². The molecule has 0 bridgehead atoms. The third kappa shape index (κ3) is 2.10. The van der Waals surface area contributed by atoms with Crippen molar-refractivity contribution in [2.75, 3.05) is 26.7 Å². The maximum absolute atomic E-state index is 12.6. The zero-order valence-corrected chi connectivity index (χ0v) is 12.5. The lowest BCUT2D eigenvalue weighted by Crippen LogP contribution is -2.35. The van der Waals surface area contributed by atoms with Crippen LogP contribution < -0.4 is 0 Å². The fourth-order valence-corrected chi connectivity index (χ4v) is 3.62. The monoisotopic (exact) mass is 305 g/mol. The highest BCUT2D eigenvalue weighted by Gasteiger charge is 2.41. The summed E-state index contributed by atoms with van der Waals surface area (Å²) >= 11 is 5.90. The number of hydrogen-bond donors (Lipinski definition) is 0. The van der Waals surface area contributed by atoms with Crippen LogP contribution in [-0.4, -0.2) is 62.8 Å². The Morgan fingerprint density at radius 3 is 3.05 bits per heavy atom. The van der Waals surface area contributed by atoms with Crippen molar-refractivity contribution in [1.82, 2.24) is 24.2 Å². The largest absolute Gasteiger partial charge is 0.335 e. The van der Waals surface area contributed by atoms with Crippen LogP contribution in [0.3, 0.4) is 0 Å². The van der Waals surface area contributed by atoms with Gasteiger partial charge in [0.15, 0.2) is 0 Å². The van der Waals surface area contributed by atoms with Gasteiger partial charge in [0.05, 0.1) is 11.2 Å². The maximum Gasteiger partial charge on any atom is 0.274 e. The molecular weight excluding hydrogens is 290 g/mol. The number of amides is 1. The Labute approximate surface area is 127 Å². The summed E-state index contributed by atoms with van der Waals surface area (Å²) in [6, 6.07) is 0.499. The second-order valence-corrected chi connectivity index (χ2v) is 6.35. The van der Waals surface area contributed by atoms with E-state index in [2.05, 4.69) is 21.9 Å². The Balaban J connectivity index is 1.59. The third-order valence-corrected chi connectivity index (χ3v) is 4.81. The van der Waals surface area contributed by atoms with Crippen molar-refractivity contribution in [3.05, 3.63) is 29.3 Å². The van der Waals surface area contributed by atoms with Crippen LogP contribution in [0.2, 0.25) is 5.02 Å². The number of carbonyl (C=O) groups is 1. The minimum Gasteiger partial charge on any atom is -0.335 e. The molecule has 6 nitrogen and oxygen atoms in total. The molecule has 0 aromatic carbocycles. The van der Waals surface area contributed by atoms with Gasteiger partial charge in [0, 0.05) is 31.5 Å². The van der Waals surface area contributed by atoms with Gasteiger partial charge >= 0.3 is 0 Å². The van der Waals surface area contributed by atoms with Crippen LogP contribution in [0.4, 0.5) is 0 Å². The van der Waals surface area contributed by atoms with Gasteiger partial charge < -0.3 is 9.80 Å². The highest BCUT2D eigenvalue weighted by Crippen LogP contribution is 2.30. The number of likely N-dealkylation sites (N-methyl/N-ethyl adjacent to an activating group) is 1. The van der Waals surface area contributed by atoms with E-state index in [-0.39, 0.29) is 5.91 Å². The third-order valence-electron chi connectivity index (χ3n) is 4.61. The Morgan fingerprint density at radius 1 is 1.38 bits per heavy atom. The first-order valence-corrected chi connectivity index (χ1v) is 7.49. The van der Waals surface area contributed by atoms with Gasteiger partial charge in [-0.05, 0) is 25.9 Å². The topological polar surface area (TPSA) is 53.7 Å². The molecule has 0 aliphatic carbocycles. The molecule has 2 atom stereocenters. The molecule has 21 heavy (non-hydrogen) atoms. The number of halogens is 1. The molecule has 0 unspecified atom stereocenters. The molecule has 7 heteroatoms. The van der Waals surface area contributed by atoms with E-state index in [0.29, 0.717) is 28.5 Å². The number of fused-ring (bicyclic) bond motifs is 2. The van der Waals surface area contributed by atoms with E-state index in [1.165, 1.54) is 12.6 Å². The quantitative estimate of drug-likeness (QED) is 0.793. The predicted octanol–water partition coefficient (Wildman–Crippen LogP) is 1.16. The molecular formula is C14H16ClN5O. The van der Waals surface area contributed by atoms with E-state index in [1.54, 1.807) is 16.8 Å². The summed E-state index contributed by atoms with van der Waals surface area (Å²) in [5.74, 6) is 1.09. The summed E-state index contributed by atoms with van der Waals surface area (Å²) in [5, 5.41) is 0.524. The standard InChI is InChI=1S/C14H16ClN5O/c1-18-3-2-9-5-19(8-12(9)18)13(21)11-7-20-6-10(15)4-16-14(20)17-11/h4,6-7,9,12H,2-3,5,8H2,1H3/t9-,12+/m0/s1. The van der Waals surface area contributed by atoms with Crippen LogP contribution in [0.15, 0.2) is 18.6 Å². The van der Waals surface area contributed by atoms with Gasteiger partial charge in [0.25, 0.3) is 5.91 Å². The highest BCUT2D eigenvalue weighted by molar-refractivity contribution is 6.30. The summed E-state index contributed by atoms with van der Waals surface area (Å²) in [6.45, 7) is 2.76. The number of rotatable bonds is 1. The lowest BCUT2D eigenvalue weighted by Gasteiger charge is -2.19. The molecule has 4 rings (SSSR count). The predicted molar refractivity (Wildman–Crippen MR) is 78.4 cm³/mol. The molecule has 0 saturated carbocycles. The Morgan fingerprint density at radius 2 is 2.24 bits per heavy atom. The molecule has 2 aliphatic heterocycles. The molecule has 2 aromatic rings. The van der Waals surface area contributed by atoms with Crippen LogP contribution in [0.5, 0.6) is 0 Å². The highest BCUT2D eigenvalue weighted by atomic mass is 35.5. The maximum atomic E-state index is 12.6. The van der Waals surface area contributed by atoms with E-state index in [4.69, 9.17) is 11.6 Å². The first-order valence-electron chi connectivity index (χ1n) is 7.11. The normalized spacial score (nSPS) is 25.7. The fourth-order valence-electron chi connectivity index (χ4n) is 3.46. The lowest BCUT2D eigenvalue weighted by molar-refractivity contribution is 0.0769. The van der Waals surface area contributed by atoms with Gasteiger partial charge in [-0.2, -0.15) is 0 Å². The number of hydrogen-bond acceptors (Lipinski definition) is 4. The van der Waals surface area contributed by atoms with Crippen molar-refractivity contribution >= 4 is 23.3 Å². The zero-order valence-electron chi connectivity index (χ0n) is 11.7. The Bertz CT molecular complexity index is 714. The number of likely N-dealkylation sites (tertiary alicyclic amines) is 2. The minimum atomic E-state index is -0.0144. The number of nitrogens with zero attached hydrogens (tertiary/aromatic N) is 5. The van der Waals surface area contributed by atoms with E-state index < -0.39 is 0 Å². The smallest absolute Gasteiger partial charge is 0.274 e. The molecule has 4 heterocycles. The molecule has 0 spiro atoms. The molecule has 2 aromatic heterocycles. The number of imidazole rings is 1. The van der Waals surface area contributed by atoms with Crippen molar-refractivity contribution in [3.63, 3.8) is 0 Å². The van der Waals surface area contributed by atoms with Crippen molar-refractivity contribution in [3.8, 4) is 0 Å². The Kier molecular flexibility index (Phi) is 2.90. The summed E-state index contributed by atoms with van der Waals surface area (Å²) in [6.07, 6.45) is 6.12. The van der Waals surface area contributed by atoms with Gasteiger partial charge in [-0.3, -0.25) is 9.20 Å². The SMILES string of the molecule is CN1CC[C@H]2CN(C(=O)c3cn4cc(Cl)cnc4n3)C[C@H]21. The molecule has 0 radical (unpaired) electrons. The lowest BCUT2D eigenvalue weighted by atomic mass is 10.1. The molecule has 2 saturated heterocycles. The van der Waals surface area contributed by atoms with Crippen LogP contribution in [0.25, 0.3) is 5.78 Å². The Hall–Kier alpha value is -1.66. The van der Waals surface area contributed by atoms with Gasteiger partial charge in [0.2, 0.25) is 5.78 Å². The first kappa shape index (κ1) is 13.0. The summed E-state index contributed by atoms with van der Waals surface area (Å²) in [5.41, 5.74) is 0.437. The molecule has 2 fully saturated rings. The van der Waals surface area contributed by atoms with Crippen molar-refractivity contribution in [2.24, 2.45) is 5.92 Å². The van der Waals surface area contributed by atoms with Crippen molar-refractivity contribution in [2.45, 2.75) is 12.5 Å². The van der Waals surface area contributed by atoms with Crippen LogP contribution in [0.1, 0.15) is 16.9 Å². The first-order chi connectivity index (χ1) is 10.1. The van der Waals surface area contributed by atoms with E-state index in [9.17, 15) is 4.79 Å². The van der Waals surface area contributed by atoms with E-state index in [1.807, 2.05) is 4.90 Å². The van der Waals surface area contributed by atoms with Gasteiger partial charge in [-0.1, -0.05) is 11.6 Å². The van der Waals surface area contributed by atoms with E-state index >= 15 is 0 Å². The number of carbonyl (C=O) groups excluding carboxylic acids is 1. The van der Waals surface area contributed by atoms with Crippen molar-refractivity contribution in [1.29, 1.82) is 0 Å². The number of aromatic nitrogens is 3. The summed E-state index contributed by atoms with van der Waals surface area (Å²) < 4.78 is 1.69. The second kappa shape index (κ2) is 4.68. The molecule has 1 amide bonds. The van der Waals surface area contributed by atoms with Crippen LogP contribution in [-0.2, 0) is 0 Å². The molecule has 110 valence electrons. The van der Waals surface area contributed by atoms with Gasteiger partial charge in [-0.15, -0.1) is 0 Å². The summed E-state index contributed by atoms with van der Waals surface area (Å²) in [7, 11) is 2.13. The summed E-state index contributed by atoms with van der Waals surface area (Å²) in [4.78, 5) is 25.3.